The fourth-order valence-electron chi connectivity index (χ4n) is 0.778. The maximum absolute atomic E-state index is 11.0. The maximum Gasteiger partial charge on any atom is 0.323 e. The Balaban J connectivity index is 4.32. The topological polar surface area (TPSA) is 57.6 Å². The molecule has 68 valence electrons. The van der Waals surface area contributed by atoms with Gasteiger partial charge in [0, 0.05) is 6.04 Å². The van der Waals surface area contributed by atoms with Crippen molar-refractivity contribution in [2.24, 2.45) is 0 Å². The van der Waals surface area contributed by atoms with Crippen LogP contribution in [0.1, 0.15) is 13.8 Å². The third-order valence-corrected chi connectivity index (χ3v) is 1.39. The number of aliphatic carboxylic acids is 1. The van der Waals surface area contributed by atoms with Crippen LogP contribution >= 0.6 is 0 Å². The molecule has 0 saturated carbocycles. The van der Waals surface area contributed by atoms with E-state index in [9.17, 15) is 9.59 Å². The lowest BCUT2D eigenvalue weighted by Crippen LogP contribution is -2.39. The largest absolute Gasteiger partial charge is 0.480 e. The number of hydrogen-bond donors (Lipinski definition) is 1. The SMILES string of the molecule is C=CC(=O)N(CC(=O)O)C(C)C. The van der Waals surface area contributed by atoms with Gasteiger partial charge in [-0.2, -0.15) is 0 Å². The highest BCUT2D eigenvalue weighted by Gasteiger charge is 2.16. The second kappa shape index (κ2) is 4.54. The summed E-state index contributed by atoms with van der Waals surface area (Å²) >= 11 is 0. The second-order valence-corrected chi connectivity index (χ2v) is 2.66. The molecule has 12 heavy (non-hydrogen) atoms. The summed E-state index contributed by atoms with van der Waals surface area (Å²) in [6.07, 6.45) is 1.11. The molecule has 0 aromatic carbocycles. The Bertz CT molecular complexity index is 198. The van der Waals surface area contributed by atoms with Gasteiger partial charge in [0.15, 0.2) is 0 Å². The molecule has 0 aliphatic heterocycles. The van der Waals surface area contributed by atoms with Gasteiger partial charge in [-0.3, -0.25) is 9.59 Å². The zero-order valence-corrected chi connectivity index (χ0v) is 7.28. The molecular formula is C8H13NO3. The van der Waals surface area contributed by atoms with Crippen molar-refractivity contribution in [2.45, 2.75) is 19.9 Å². The van der Waals surface area contributed by atoms with Gasteiger partial charge in [-0.05, 0) is 19.9 Å². The van der Waals surface area contributed by atoms with Crippen LogP contribution in [0.25, 0.3) is 0 Å². The molecule has 0 aromatic heterocycles. The van der Waals surface area contributed by atoms with Gasteiger partial charge < -0.3 is 10.0 Å². The number of rotatable bonds is 4. The summed E-state index contributed by atoms with van der Waals surface area (Å²) in [5.74, 6) is -1.37. The van der Waals surface area contributed by atoms with Crippen molar-refractivity contribution >= 4 is 11.9 Å². The number of hydrogen-bond acceptors (Lipinski definition) is 2. The molecule has 0 heterocycles. The summed E-state index contributed by atoms with van der Waals surface area (Å²) in [5, 5.41) is 8.45. The summed E-state index contributed by atoms with van der Waals surface area (Å²) < 4.78 is 0. The Labute approximate surface area is 71.5 Å². The first-order chi connectivity index (χ1) is 5.49. The van der Waals surface area contributed by atoms with Gasteiger partial charge >= 0.3 is 5.97 Å². The molecule has 0 aliphatic rings. The van der Waals surface area contributed by atoms with Gasteiger partial charge in [0.25, 0.3) is 0 Å². The zero-order valence-electron chi connectivity index (χ0n) is 7.28. The lowest BCUT2D eigenvalue weighted by molar-refractivity contribution is -0.143. The van der Waals surface area contributed by atoms with Crippen LogP contribution in [0.2, 0.25) is 0 Å². The zero-order chi connectivity index (χ0) is 9.72. The Morgan fingerprint density at radius 2 is 2.08 bits per heavy atom. The minimum absolute atomic E-state index is 0.119. The van der Waals surface area contributed by atoms with Crippen LogP contribution in [0.15, 0.2) is 12.7 Å². The minimum atomic E-state index is -1.01. The number of nitrogens with zero attached hydrogens (tertiary/aromatic N) is 1. The highest BCUT2D eigenvalue weighted by atomic mass is 16.4. The van der Waals surface area contributed by atoms with E-state index < -0.39 is 5.97 Å². The molecule has 4 heteroatoms. The first-order valence-electron chi connectivity index (χ1n) is 3.64. The van der Waals surface area contributed by atoms with Gasteiger partial charge in [0.2, 0.25) is 5.91 Å². The third-order valence-electron chi connectivity index (χ3n) is 1.39. The summed E-state index contributed by atoms with van der Waals surface area (Å²) in [4.78, 5) is 22.6. The molecule has 0 unspecified atom stereocenters. The number of carbonyl (C=O) groups excluding carboxylic acids is 1. The summed E-state index contributed by atoms with van der Waals surface area (Å²) in [7, 11) is 0. The molecule has 0 aliphatic carbocycles. The average Bonchev–Trinajstić information content (AvgIpc) is 1.98. The summed E-state index contributed by atoms with van der Waals surface area (Å²) in [6.45, 7) is 6.52. The van der Waals surface area contributed by atoms with E-state index in [1.54, 1.807) is 13.8 Å². The van der Waals surface area contributed by atoms with Gasteiger partial charge in [-0.25, -0.2) is 0 Å². The van der Waals surface area contributed by atoms with Crippen LogP contribution in [0.4, 0.5) is 0 Å². The van der Waals surface area contributed by atoms with Gasteiger partial charge in [-0.1, -0.05) is 6.58 Å². The molecule has 0 bridgehead atoms. The molecule has 0 spiro atoms. The first kappa shape index (κ1) is 10.7. The molecule has 0 saturated heterocycles. The number of amides is 1. The van der Waals surface area contributed by atoms with Crippen molar-refractivity contribution < 1.29 is 14.7 Å². The Morgan fingerprint density at radius 3 is 2.33 bits per heavy atom. The van der Waals surface area contributed by atoms with E-state index in [0.29, 0.717) is 0 Å². The quantitative estimate of drug-likeness (QED) is 0.626. The molecule has 4 nitrogen and oxygen atoms in total. The summed E-state index contributed by atoms with van der Waals surface area (Å²) in [5.41, 5.74) is 0. The van der Waals surface area contributed by atoms with Crippen molar-refractivity contribution in [3.05, 3.63) is 12.7 Å². The van der Waals surface area contributed by atoms with Crippen LogP contribution in [0, 0.1) is 0 Å². The average molecular weight is 171 g/mol. The van der Waals surface area contributed by atoms with Crippen molar-refractivity contribution in [1.82, 2.24) is 4.90 Å². The molecule has 0 atom stereocenters. The second-order valence-electron chi connectivity index (χ2n) is 2.66. The Kier molecular flexibility index (Phi) is 4.04. The van der Waals surface area contributed by atoms with Gasteiger partial charge in [0.1, 0.15) is 6.54 Å². The number of carboxylic acids is 1. The van der Waals surface area contributed by atoms with Crippen LogP contribution in [-0.2, 0) is 9.59 Å². The lowest BCUT2D eigenvalue weighted by Gasteiger charge is -2.22. The standard InChI is InChI=1S/C8H13NO3/c1-4-7(10)9(6(2)3)5-8(11)12/h4,6H,1,5H2,2-3H3,(H,11,12). The molecule has 0 aromatic rings. The van der Waals surface area contributed by atoms with Crippen molar-refractivity contribution in [2.75, 3.05) is 6.54 Å². The predicted molar refractivity (Wildman–Crippen MR) is 44.7 cm³/mol. The van der Waals surface area contributed by atoms with Crippen LogP contribution < -0.4 is 0 Å². The Morgan fingerprint density at radius 1 is 1.58 bits per heavy atom. The first-order valence-corrected chi connectivity index (χ1v) is 3.64. The van der Waals surface area contributed by atoms with E-state index in [1.807, 2.05) is 0 Å². The van der Waals surface area contributed by atoms with Gasteiger partial charge in [0.05, 0.1) is 0 Å². The summed E-state index contributed by atoms with van der Waals surface area (Å²) in [6, 6.07) is -0.119. The van der Waals surface area contributed by atoms with E-state index in [0.717, 1.165) is 6.08 Å². The number of carbonyl (C=O) groups is 2. The number of carboxylic acid groups (broad SMARTS) is 1. The molecule has 1 N–H and O–H groups in total. The smallest absolute Gasteiger partial charge is 0.323 e. The molecule has 0 radical (unpaired) electrons. The Hall–Kier alpha value is -1.32. The van der Waals surface area contributed by atoms with Crippen LogP contribution in [0.3, 0.4) is 0 Å². The van der Waals surface area contributed by atoms with Crippen molar-refractivity contribution in [1.29, 1.82) is 0 Å². The fraction of sp³-hybridized carbons (Fsp3) is 0.500. The monoisotopic (exact) mass is 171 g/mol. The fourth-order valence-corrected chi connectivity index (χ4v) is 0.778. The van der Waals surface area contributed by atoms with Crippen molar-refractivity contribution in [3.63, 3.8) is 0 Å². The van der Waals surface area contributed by atoms with Gasteiger partial charge in [-0.15, -0.1) is 0 Å². The van der Waals surface area contributed by atoms with Crippen LogP contribution in [0.5, 0.6) is 0 Å². The highest BCUT2D eigenvalue weighted by molar-refractivity contribution is 5.89. The maximum atomic E-state index is 11.0. The third kappa shape index (κ3) is 3.18. The molecule has 0 fully saturated rings. The van der Waals surface area contributed by atoms with E-state index in [1.165, 1.54) is 4.90 Å². The van der Waals surface area contributed by atoms with E-state index in [4.69, 9.17) is 5.11 Å². The van der Waals surface area contributed by atoms with E-state index in [2.05, 4.69) is 6.58 Å². The predicted octanol–water partition coefficient (Wildman–Crippen LogP) is 0.494. The molecular weight excluding hydrogens is 158 g/mol. The molecule has 0 rings (SSSR count). The van der Waals surface area contributed by atoms with Crippen LogP contribution in [-0.4, -0.2) is 34.5 Å². The highest BCUT2D eigenvalue weighted by Crippen LogP contribution is 1.98. The normalized spacial score (nSPS) is 9.58. The van der Waals surface area contributed by atoms with E-state index in [-0.39, 0.29) is 18.5 Å². The van der Waals surface area contributed by atoms with E-state index >= 15 is 0 Å². The minimum Gasteiger partial charge on any atom is -0.480 e. The van der Waals surface area contributed by atoms with Crippen molar-refractivity contribution in [3.8, 4) is 0 Å². The molecule has 1 amide bonds. The lowest BCUT2D eigenvalue weighted by atomic mass is 10.3.